The molecule has 22 heavy (non-hydrogen) atoms. The molecule has 0 saturated carbocycles. The van der Waals surface area contributed by atoms with E-state index in [1.165, 1.54) is 0 Å². The topological polar surface area (TPSA) is 84.2 Å². The summed E-state index contributed by atoms with van der Waals surface area (Å²) in [5.74, 6) is -0.0339. The van der Waals surface area contributed by atoms with Crippen LogP contribution >= 0.6 is 0 Å². The molecule has 0 radical (unpaired) electrons. The van der Waals surface area contributed by atoms with Crippen LogP contribution in [-0.2, 0) is 9.59 Å². The molecule has 2 N–H and O–H groups in total. The largest absolute Gasteiger partial charge is 0.356 e. The lowest BCUT2D eigenvalue weighted by Crippen LogP contribution is -2.38. The van der Waals surface area contributed by atoms with Gasteiger partial charge in [-0.3, -0.25) is 9.59 Å². The number of nitrogens with zero attached hydrogens (tertiary/aromatic N) is 1. The van der Waals surface area contributed by atoms with Gasteiger partial charge in [0.2, 0.25) is 11.8 Å². The summed E-state index contributed by atoms with van der Waals surface area (Å²) in [6.07, 6.45) is 0.861. The Labute approximate surface area is 127 Å². The fourth-order valence-corrected chi connectivity index (χ4v) is 2.54. The van der Waals surface area contributed by atoms with Crippen molar-refractivity contribution in [1.82, 2.24) is 10.5 Å². The molecule has 2 heterocycles. The van der Waals surface area contributed by atoms with Gasteiger partial charge in [-0.2, -0.15) is 0 Å². The van der Waals surface area contributed by atoms with Gasteiger partial charge in [0, 0.05) is 24.4 Å². The number of amides is 2. The van der Waals surface area contributed by atoms with Crippen molar-refractivity contribution in [2.45, 2.75) is 19.8 Å². The van der Waals surface area contributed by atoms with Crippen molar-refractivity contribution in [2.24, 2.45) is 5.92 Å². The van der Waals surface area contributed by atoms with Gasteiger partial charge in [0.05, 0.1) is 0 Å². The first-order valence-electron chi connectivity index (χ1n) is 7.24. The number of rotatable bonds is 3. The van der Waals surface area contributed by atoms with Crippen LogP contribution in [0.15, 0.2) is 34.9 Å². The SMILES string of the molecule is Cc1noc(-c2ccccc2)c1NC(=O)C1CCNC(=O)C1. The molecule has 1 unspecified atom stereocenters. The molecule has 1 atom stereocenters. The maximum absolute atomic E-state index is 12.4. The number of hydrogen-bond acceptors (Lipinski definition) is 4. The highest BCUT2D eigenvalue weighted by atomic mass is 16.5. The van der Waals surface area contributed by atoms with E-state index < -0.39 is 0 Å². The second-order valence-corrected chi connectivity index (χ2v) is 5.37. The average Bonchev–Trinajstić information content (AvgIpc) is 2.89. The molecule has 1 aliphatic rings. The van der Waals surface area contributed by atoms with Gasteiger partial charge in [-0.15, -0.1) is 0 Å². The van der Waals surface area contributed by atoms with E-state index in [-0.39, 0.29) is 24.2 Å². The maximum Gasteiger partial charge on any atom is 0.228 e. The van der Waals surface area contributed by atoms with Crippen LogP contribution in [0.2, 0.25) is 0 Å². The predicted molar refractivity (Wildman–Crippen MR) is 81.0 cm³/mol. The summed E-state index contributed by atoms with van der Waals surface area (Å²) < 4.78 is 5.35. The molecular formula is C16H17N3O3. The summed E-state index contributed by atoms with van der Waals surface area (Å²) in [6.45, 7) is 2.31. The first kappa shape index (κ1) is 14.3. The van der Waals surface area contributed by atoms with Crippen LogP contribution in [0.5, 0.6) is 0 Å². The third kappa shape index (κ3) is 2.86. The molecule has 1 aromatic carbocycles. The highest BCUT2D eigenvalue weighted by Gasteiger charge is 2.27. The van der Waals surface area contributed by atoms with Crippen LogP contribution in [0.1, 0.15) is 18.5 Å². The highest BCUT2D eigenvalue weighted by Crippen LogP contribution is 2.31. The van der Waals surface area contributed by atoms with Gasteiger partial charge in [0.25, 0.3) is 0 Å². The Morgan fingerprint density at radius 3 is 2.86 bits per heavy atom. The molecule has 0 spiro atoms. The molecule has 6 nitrogen and oxygen atoms in total. The van der Waals surface area contributed by atoms with Crippen molar-refractivity contribution < 1.29 is 14.1 Å². The first-order valence-corrected chi connectivity index (χ1v) is 7.24. The second-order valence-electron chi connectivity index (χ2n) is 5.37. The van der Waals surface area contributed by atoms with Crippen LogP contribution in [-0.4, -0.2) is 23.5 Å². The van der Waals surface area contributed by atoms with E-state index in [9.17, 15) is 9.59 Å². The Morgan fingerprint density at radius 1 is 1.36 bits per heavy atom. The minimum atomic E-state index is -0.313. The number of piperidine rings is 1. The molecule has 1 aliphatic heterocycles. The number of carbonyl (C=O) groups excluding carboxylic acids is 2. The van der Waals surface area contributed by atoms with Crippen LogP contribution in [0.25, 0.3) is 11.3 Å². The fraction of sp³-hybridized carbons (Fsp3) is 0.312. The third-order valence-corrected chi connectivity index (χ3v) is 3.76. The third-order valence-electron chi connectivity index (χ3n) is 3.76. The number of carbonyl (C=O) groups is 2. The van der Waals surface area contributed by atoms with Crippen molar-refractivity contribution in [3.05, 3.63) is 36.0 Å². The Hall–Kier alpha value is -2.63. The van der Waals surface area contributed by atoms with E-state index in [1.54, 1.807) is 6.92 Å². The van der Waals surface area contributed by atoms with Gasteiger partial charge in [0.1, 0.15) is 11.4 Å². The summed E-state index contributed by atoms with van der Waals surface area (Å²) in [7, 11) is 0. The summed E-state index contributed by atoms with van der Waals surface area (Å²) >= 11 is 0. The van der Waals surface area contributed by atoms with Gasteiger partial charge in [0.15, 0.2) is 5.76 Å². The normalized spacial score (nSPS) is 17.9. The van der Waals surface area contributed by atoms with Crippen LogP contribution in [0.3, 0.4) is 0 Å². The Kier molecular flexibility index (Phi) is 3.91. The molecule has 2 aromatic rings. The summed E-state index contributed by atoms with van der Waals surface area (Å²) in [5.41, 5.74) is 2.04. The van der Waals surface area contributed by atoms with E-state index in [2.05, 4.69) is 15.8 Å². The number of anilines is 1. The summed E-state index contributed by atoms with van der Waals surface area (Å²) in [4.78, 5) is 23.8. The lowest BCUT2D eigenvalue weighted by atomic mass is 9.96. The zero-order valence-corrected chi connectivity index (χ0v) is 12.3. The van der Waals surface area contributed by atoms with Gasteiger partial charge < -0.3 is 15.2 Å². The molecule has 1 saturated heterocycles. The minimum Gasteiger partial charge on any atom is -0.356 e. The van der Waals surface area contributed by atoms with Crippen LogP contribution in [0.4, 0.5) is 5.69 Å². The van der Waals surface area contributed by atoms with Crippen molar-refractivity contribution in [3.8, 4) is 11.3 Å². The first-order chi connectivity index (χ1) is 10.6. The monoisotopic (exact) mass is 299 g/mol. The van der Waals surface area contributed by atoms with Crippen molar-refractivity contribution in [2.75, 3.05) is 11.9 Å². The predicted octanol–water partition coefficient (Wildman–Crippen LogP) is 2.11. The van der Waals surface area contributed by atoms with Gasteiger partial charge in [-0.05, 0) is 13.3 Å². The molecule has 2 amide bonds. The fourth-order valence-electron chi connectivity index (χ4n) is 2.54. The van der Waals surface area contributed by atoms with Crippen molar-refractivity contribution in [1.29, 1.82) is 0 Å². The number of aromatic nitrogens is 1. The maximum atomic E-state index is 12.4. The van der Waals surface area contributed by atoms with Crippen molar-refractivity contribution in [3.63, 3.8) is 0 Å². The molecule has 6 heteroatoms. The van der Waals surface area contributed by atoms with Gasteiger partial charge in [-0.25, -0.2) is 0 Å². The molecule has 1 fully saturated rings. The molecule has 3 rings (SSSR count). The molecule has 0 aliphatic carbocycles. The van der Waals surface area contributed by atoms with E-state index in [1.807, 2.05) is 30.3 Å². The lowest BCUT2D eigenvalue weighted by Gasteiger charge is -2.21. The van der Waals surface area contributed by atoms with E-state index >= 15 is 0 Å². The Bertz CT molecular complexity index is 694. The molecule has 0 bridgehead atoms. The molecule has 114 valence electrons. The summed E-state index contributed by atoms with van der Waals surface area (Å²) in [5, 5.41) is 9.53. The zero-order chi connectivity index (χ0) is 15.5. The minimum absolute atomic E-state index is 0.0864. The van der Waals surface area contributed by atoms with Gasteiger partial charge >= 0.3 is 0 Å². The number of benzene rings is 1. The van der Waals surface area contributed by atoms with E-state index in [0.717, 1.165) is 5.56 Å². The summed E-state index contributed by atoms with van der Waals surface area (Å²) in [6, 6.07) is 9.48. The lowest BCUT2D eigenvalue weighted by molar-refractivity contribution is -0.129. The number of hydrogen-bond donors (Lipinski definition) is 2. The number of aryl methyl sites for hydroxylation is 1. The Balaban J connectivity index is 1.82. The second kappa shape index (κ2) is 6.01. The quantitative estimate of drug-likeness (QED) is 0.909. The molecular weight excluding hydrogens is 282 g/mol. The van der Waals surface area contributed by atoms with Crippen LogP contribution in [0, 0.1) is 12.8 Å². The van der Waals surface area contributed by atoms with Crippen LogP contribution < -0.4 is 10.6 Å². The number of nitrogens with one attached hydrogen (secondary N) is 2. The zero-order valence-electron chi connectivity index (χ0n) is 12.3. The average molecular weight is 299 g/mol. The molecule has 1 aromatic heterocycles. The standard InChI is InChI=1S/C16H17N3O3/c1-10-14(15(22-19-10)11-5-3-2-4-6-11)18-16(21)12-7-8-17-13(20)9-12/h2-6,12H,7-9H2,1H3,(H,17,20)(H,18,21). The van der Waals surface area contributed by atoms with Gasteiger partial charge in [-0.1, -0.05) is 35.5 Å². The van der Waals surface area contributed by atoms with E-state index in [0.29, 0.717) is 30.1 Å². The highest BCUT2D eigenvalue weighted by molar-refractivity contribution is 5.98. The van der Waals surface area contributed by atoms with E-state index in [4.69, 9.17) is 4.52 Å². The van der Waals surface area contributed by atoms with Crippen molar-refractivity contribution >= 4 is 17.5 Å². The Morgan fingerprint density at radius 2 is 2.14 bits per heavy atom. The smallest absolute Gasteiger partial charge is 0.228 e.